The minimum absolute atomic E-state index is 0.0477. The van der Waals surface area contributed by atoms with Gasteiger partial charge in [0, 0.05) is 18.8 Å². The van der Waals surface area contributed by atoms with E-state index >= 15 is 0 Å². The number of aryl methyl sites for hydroxylation is 1. The molecule has 1 aliphatic heterocycles. The van der Waals surface area contributed by atoms with Gasteiger partial charge in [0.1, 0.15) is 5.82 Å². The number of hydrogen-bond donors (Lipinski definition) is 1. The highest BCUT2D eigenvalue weighted by Crippen LogP contribution is 2.23. The van der Waals surface area contributed by atoms with Gasteiger partial charge in [-0.05, 0) is 44.0 Å². The molecule has 1 aromatic carbocycles. The van der Waals surface area contributed by atoms with Crippen LogP contribution in [0.15, 0.2) is 42.5 Å². The first-order valence-electron chi connectivity index (χ1n) is 8.50. The molecule has 128 valence electrons. The van der Waals surface area contributed by atoms with Crippen LogP contribution in [0.5, 0.6) is 0 Å². The molecule has 0 spiro atoms. The molecule has 0 bridgehead atoms. The Morgan fingerprint density at radius 2 is 2.00 bits per heavy atom. The lowest BCUT2D eigenvalue weighted by Crippen LogP contribution is -2.41. The van der Waals surface area contributed by atoms with Crippen molar-refractivity contribution in [3.05, 3.63) is 48.3 Å². The summed E-state index contributed by atoms with van der Waals surface area (Å²) in [5, 5.41) is 15.7. The predicted octanol–water partition coefficient (Wildman–Crippen LogP) is 2.29. The fraction of sp³-hybridized carbons (Fsp3) is 0.333. The molecule has 0 unspecified atom stereocenters. The quantitative estimate of drug-likeness (QED) is 0.794. The van der Waals surface area contributed by atoms with E-state index in [-0.39, 0.29) is 11.8 Å². The van der Waals surface area contributed by atoms with Crippen molar-refractivity contribution in [3.63, 3.8) is 0 Å². The Labute approximate surface area is 145 Å². The van der Waals surface area contributed by atoms with Crippen LogP contribution in [0, 0.1) is 12.8 Å². The number of nitrogens with one attached hydrogen (secondary N) is 1. The molecule has 4 rings (SSSR count). The molecule has 0 saturated carbocycles. The Balaban J connectivity index is 1.49. The van der Waals surface area contributed by atoms with Crippen molar-refractivity contribution in [1.29, 1.82) is 0 Å². The van der Waals surface area contributed by atoms with Crippen molar-refractivity contribution >= 4 is 23.1 Å². The second-order valence-corrected chi connectivity index (χ2v) is 6.35. The average molecular weight is 336 g/mol. The first-order chi connectivity index (χ1) is 12.2. The maximum Gasteiger partial charge on any atom is 0.229 e. The van der Waals surface area contributed by atoms with Crippen molar-refractivity contribution in [2.24, 2.45) is 5.92 Å². The Kier molecular flexibility index (Phi) is 4.05. The first kappa shape index (κ1) is 15.6. The van der Waals surface area contributed by atoms with Gasteiger partial charge in [0.25, 0.3) is 0 Å². The molecule has 3 heterocycles. The smallest absolute Gasteiger partial charge is 0.229 e. The summed E-state index contributed by atoms with van der Waals surface area (Å²) < 4.78 is 1.74. The number of aromatic nitrogens is 4. The van der Waals surface area contributed by atoms with Crippen molar-refractivity contribution in [3.8, 4) is 0 Å². The van der Waals surface area contributed by atoms with Crippen LogP contribution >= 0.6 is 0 Å². The maximum atomic E-state index is 12.6. The average Bonchev–Trinajstić information content (AvgIpc) is 3.03. The number of anilines is 2. The molecule has 1 N–H and O–H groups in total. The van der Waals surface area contributed by atoms with E-state index in [1.54, 1.807) is 4.52 Å². The lowest BCUT2D eigenvalue weighted by Gasteiger charge is -2.32. The SMILES string of the molecule is Cc1nnc2ccc(N3CCC[C@@H](C(=O)Nc4ccccc4)C3)nn12. The Morgan fingerprint density at radius 1 is 1.16 bits per heavy atom. The molecule has 7 nitrogen and oxygen atoms in total. The van der Waals surface area contributed by atoms with Gasteiger partial charge in [0.15, 0.2) is 11.5 Å². The summed E-state index contributed by atoms with van der Waals surface area (Å²) >= 11 is 0. The number of nitrogens with zero attached hydrogens (tertiary/aromatic N) is 5. The molecule has 7 heteroatoms. The third kappa shape index (κ3) is 3.17. The van der Waals surface area contributed by atoms with Gasteiger partial charge in [0.05, 0.1) is 5.92 Å². The van der Waals surface area contributed by atoms with Gasteiger partial charge in [-0.3, -0.25) is 4.79 Å². The van der Waals surface area contributed by atoms with E-state index in [1.807, 2.05) is 49.4 Å². The summed E-state index contributed by atoms with van der Waals surface area (Å²) in [6.45, 7) is 3.44. The van der Waals surface area contributed by atoms with E-state index in [0.717, 1.165) is 42.4 Å². The molecular formula is C18H20N6O. The van der Waals surface area contributed by atoms with Gasteiger partial charge in [-0.15, -0.1) is 15.3 Å². The van der Waals surface area contributed by atoms with Crippen molar-refractivity contribution in [2.75, 3.05) is 23.3 Å². The number of hydrogen-bond acceptors (Lipinski definition) is 5. The molecular weight excluding hydrogens is 316 g/mol. The standard InChI is InChI=1S/C18H20N6O/c1-13-20-21-16-9-10-17(22-24(13)16)23-11-5-6-14(12-23)18(25)19-15-7-3-2-4-8-15/h2-4,7-10,14H,5-6,11-12H2,1H3,(H,19,25)/t14-/m1/s1. The molecule has 2 aromatic heterocycles. The zero-order valence-corrected chi connectivity index (χ0v) is 14.1. The highest BCUT2D eigenvalue weighted by molar-refractivity contribution is 5.93. The van der Waals surface area contributed by atoms with Crippen molar-refractivity contribution in [2.45, 2.75) is 19.8 Å². The van der Waals surface area contributed by atoms with Gasteiger partial charge in [-0.2, -0.15) is 4.52 Å². The van der Waals surface area contributed by atoms with Crippen LogP contribution in [-0.2, 0) is 4.79 Å². The van der Waals surface area contributed by atoms with E-state index in [0.29, 0.717) is 6.54 Å². The number of fused-ring (bicyclic) bond motifs is 1. The zero-order valence-electron chi connectivity index (χ0n) is 14.1. The van der Waals surface area contributed by atoms with Crippen LogP contribution in [0.4, 0.5) is 11.5 Å². The Bertz CT molecular complexity index is 891. The van der Waals surface area contributed by atoms with Gasteiger partial charge in [-0.25, -0.2) is 0 Å². The van der Waals surface area contributed by atoms with Gasteiger partial charge in [0.2, 0.25) is 5.91 Å². The van der Waals surface area contributed by atoms with Crippen LogP contribution in [0.3, 0.4) is 0 Å². The molecule has 3 aromatic rings. The summed E-state index contributed by atoms with van der Waals surface area (Å²) in [6.07, 6.45) is 1.86. The Hall–Kier alpha value is -2.96. The lowest BCUT2D eigenvalue weighted by molar-refractivity contribution is -0.120. The first-order valence-corrected chi connectivity index (χ1v) is 8.50. The van der Waals surface area contributed by atoms with Crippen LogP contribution in [0.1, 0.15) is 18.7 Å². The minimum Gasteiger partial charge on any atom is -0.354 e. The van der Waals surface area contributed by atoms with Crippen LogP contribution in [0.2, 0.25) is 0 Å². The van der Waals surface area contributed by atoms with Crippen LogP contribution in [-0.4, -0.2) is 38.8 Å². The highest BCUT2D eigenvalue weighted by atomic mass is 16.1. The summed E-state index contributed by atoms with van der Waals surface area (Å²) in [5.74, 6) is 1.63. The fourth-order valence-electron chi connectivity index (χ4n) is 3.22. The number of amides is 1. The molecule has 1 amide bonds. The van der Waals surface area contributed by atoms with Gasteiger partial charge < -0.3 is 10.2 Å². The number of piperidine rings is 1. The van der Waals surface area contributed by atoms with E-state index in [1.165, 1.54) is 0 Å². The Morgan fingerprint density at radius 3 is 2.84 bits per heavy atom. The van der Waals surface area contributed by atoms with E-state index < -0.39 is 0 Å². The van der Waals surface area contributed by atoms with E-state index in [2.05, 4.69) is 25.5 Å². The van der Waals surface area contributed by atoms with Crippen molar-refractivity contribution < 1.29 is 4.79 Å². The van der Waals surface area contributed by atoms with Crippen LogP contribution < -0.4 is 10.2 Å². The molecule has 0 radical (unpaired) electrons. The topological polar surface area (TPSA) is 75.4 Å². The molecule has 0 aliphatic carbocycles. The third-order valence-electron chi connectivity index (χ3n) is 4.56. The van der Waals surface area contributed by atoms with E-state index in [4.69, 9.17) is 0 Å². The summed E-state index contributed by atoms with van der Waals surface area (Å²) in [4.78, 5) is 14.8. The number of carbonyl (C=O) groups is 1. The normalized spacial score (nSPS) is 17.6. The number of carbonyl (C=O) groups excluding carboxylic acids is 1. The predicted molar refractivity (Wildman–Crippen MR) is 95.5 cm³/mol. The van der Waals surface area contributed by atoms with E-state index in [9.17, 15) is 4.79 Å². The highest BCUT2D eigenvalue weighted by Gasteiger charge is 2.27. The molecule has 25 heavy (non-hydrogen) atoms. The molecule has 1 fully saturated rings. The number of benzene rings is 1. The van der Waals surface area contributed by atoms with Gasteiger partial charge >= 0.3 is 0 Å². The monoisotopic (exact) mass is 336 g/mol. The molecule has 1 atom stereocenters. The zero-order chi connectivity index (χ0) is 17.2. The largest absolute Gasteiger partial charge is 0.354 e. The van der Waals surface area contributed by atoms with Crippen molar-refractivity contribution in [1.82, 2.24) is 19.8 Å². The second kappa shape index (κ2) is 6.51. The lowest BCUT2D eigenvalue weighted by atomic mass is 9.97. The summed E-state index contributed by atoms with van der Waals surface area (Å²) in [5.41, 5.74) is 1.57. The summed E-state index contributed by atoms with van der Waals surface area (Å²) in [7, 11) is 0. The maximum absolute atomic E-state index is 12.6. The fourth-order valence-corrected chi connectivity index (χ4v) is 3.22. The van der Waals surface area contributed by atoms with Crippen LogP contribution in [0.25, 0.3) is 5.65 Å². The molecule has 1 aliphatic rings. The third-order valence-corrected chi connectivity index (χ3v) is 4.56. The number of para-hydroxylation sites is 1. The second-order valence-electron chi connectivity index (χ2n) is 6.35. The number of rotatable bonds is 3. The minimum atomic E-state index is -0.0477. The molecule has 1 saturated heterocycles. The van der Waals surface area contributed by atoms with Gasteiger partial charge in [-0.1, -0.05) is 18.2 Å². The summed E-state index contributed by atoms with van der Waals surface area (Å²) in [6, 6.07) is 13.4.